The van der Waals surface area contributed by atoms with Crippen molar-refractivity contribution in [3.8, 4) is 0 Å². The molecular weight excluding hydrogens is 200 g/mol. The number of carbonyl (C=O) groups is 1. The van der Waals surface area contributed by atoms with Gasteiger partial charge in [0.05, 0.1) is 0 Å². The second kappa shape index (κ2) is 3.67. The van der Waals surface area contributed by atoms with Gasteiger partial charge in [0.1, 0.15) is 0 Å². The van der Waals surface area contributed by atoms with Crippen molar-refractivity contribution in [2.45, 2.75) is 6.92 Å². The second-order valence-corrected chi connectivity index (χ2v) is 4.32. The van der Waals surface area contributed by atoms with Crippen molar-refractivity contribution in [2.75, 3.05) is 14.1 Å². The van der Waals surface area contributed by atoms with Crippen molar-refractivity contribution in [2.24, 2.45) is 7.05 Å². The van der Waals surface area contributed by atoms with E-state index in [0.29, 0.717) is 0 Å². The molecule has 0 aliphatic carbocycles. The molecule has 0 aliphatic rings. The van der Waals surface area contributed by atoms with E-state index in [0.717, 1.165) is 11.1 Å². The lowest BCUT2D eigenvalue weighted by molar-refractivity contribution is 0.0828. The largest absolute Gasteiger partial charge is 0.348 e. The van der Waals surface area contributed by atoms with Gasteiger partial charge >= 0.3 is 0 Å². The summed E-state index contributed by atoms with van der Waals surface area (Å²) < 4.78 is 2.10. The van der Waals surface area contributed by atoms with Crippen LogP contribution in [0.25, 0.3) is 10.9 Å². The van der Waals surface area contributed by atoms with E-state index in [1.807, 2.05) is 25.2 Å². The van der Waals surface area contributed by atoms with Gasteiger partial charge in [0.2, 0.25) is 0 Å². The van der Waals surface area contributed by atoms with Crippen LogP contribution in [0.5, 0.6) is 0 Å². The summed E-state index contributed by atoms with van der Waals surface area (Å²) in [6.07, 6.45) is 0. The number of fused-ring (bicyclic) bond motifs is 1. The number of carbonyl (C=O) groups excluding carboxylic acids is 1. The topological polar surface area (TPSA) is 25.2 Å². The number of hydrogen-bond donors (Lipinski definition) is 0. The van der Waals surface area contributed by atoms with Gasteiger partial charge in [-0.3, -0.25) is 4.79 Å². The normalized spacial score (nSPS) is 10.8. The van der Waals surface area contributed by atoms with Crippen LogP contribution in [0.2, 0.25) is 0 Å². The number of benzene rings is 1. The van der Waals surface area contributed by atoms with Gasteiger partial charge in [-0.1, -0.05) is 6.07 Å². The molecule has 1 aromatic heterocycles. The molecule has 0 bridgehead atoms. The van der Waals surface area contributed by atoms with Gasteiger partial charge in [-0.15, -0.1) is 0 Å². The lowest BCUT2D eigenvalue weighted by atomic mass is 10.1. The molecule has 1 heterocycles. The van der Waals surface area contributed by atoms with E-state index in [1.165, 1.54) is 11.1 Å². The van der Waals surface area contributed by atoms with Gasteiger partial charge in [-0.25, -0.2) is 0 Å². The van der Waals surface area contributed by atoms with Crippen LogP contribution in [0.3, 0.4) is 0 Å². The molecule has 0 saturated carbocycles. The molecule has 84 valence electrons. The van der Waals surface area contributed by atoms with Gasteiger partial charge in [0.15, 0.2) is 0 Å². The van der Waals surface area contributed by atoms with Gasteiger partial charge in [0, 0.05) is 37.9 Å². The van der Waals surface area contributed by atoms with Crippen LogP contribution in [0.15, 0.2) is 24.3 Å². The Balaban J connectivity index is 2.59. The smallest absolute Gasteiger partial charge is 0.253 e. The fraction of sp³-hybridized carbons (Fsp3) is 0.308. The summed E-state index contributed by atoms with van der Waals surface area (Å²) in [6, 6.07) is 7.95. The summed E-state index contributed by atoms with van der Waals surface area (Å²) in [5.74, 6) is 0.0424. The van der Waals surface area contributed by atoms with Crippen molar-refractivity contribution in [1.29, 1.82) is 0 Å². The highest BCUT2D eigenvalue weighted by Crippen LogP contribution is 2.20. The molecule has 3 heteroatoms. The standard InChI is InChI=1S/C13H16N2O/c1-9-7-10-5-6-11(13(16)14(2)3)8-12(10)15(9)4/h5-8H,1-4H3. The van der Waals surface area contributed by atoms with E-state index in [9.17, 15) is 4.79 Å². The third-order valence-electron chi connectivity index (χ3n) is 2.94. The van der Waals surface area contributed by atoms with E-state index >= 15 is 0 Å². The van der Waals surface area contributed by atoms with Crippen molar-refractivity contribution in [3.63, 3.8) is 0 Å². The molecule has 0 atom stereocenters. The Morgan fingerprint density at radius 2 is 1.94 bits per heavy atom. The predicted molar refractivity (Wildman–Crippen MR) is 65.7 cm³/mol. The van der Waals surface area contributed by atoms with Crippen LogP contribution in [0, 0.1) is 6.92 Å². The summed E-state index contributed by atoms with van der Waals surface area (Å²) in [5, 5.41) is 1.18. The molecule has 3 nitrogen and oxygen atoms in total. The molecule has 0 radical (unpaired) electrons. The molecule has 0 unspecified atom stereocenters. The summed E-state index contributed by atoms with van der Waals surface area (Å²) in [6.45, 7) is 2.06. The summed E-state index contributed by atoms with van der Waals surface area (Å²) >= 11 is 0. The van der Waals surface area contributed by atoms with Gasteiger partial charge in [0.25, 0.3) is 5.91 Å². The maximum Gasteiger partial charge on any atom is 0.253 e. The molecule has 16 heavy (non-hydrogen) atoms. The first kappa shape index (κ1) is 10.7. The molecule has 0 N–H and O–H groups in total. The molecule has 1 aromatic carbocycles. The summed E-state index contributed by atoms with van der Waals surface area (Å²) in [5.41, 5.74) is 3.04. The fourth-order valence-corrected chi connectivity index (χ4v) is 1.86. The molecule has 0 spiro atoms. The van der Waals surface area contributed by atoms with E-state index in [4.69, 9.17) is 0 Å². The average molecular weight is 216 g/mol. The average Bonchev–Trinajstić information content (AvgIpc) is 2.53. The minimum atomic E-state index is 0.0424. The highest BCUT2D eigenvalue weighted by molar-refractivity contribution is 5.97. The zero-order chi connectivity index (χ0) is 11.9. The van der Waals surface area contributed by atoms with Crippen molar-refractivity contribution in [3.05, 3.63) is 35.5 Å². The fourth-order valence-electron chi connectivity index (χ4n) is 1.86. The first-order valence-corrected chi connectivity index (χ1v) is 5.28. The molecule has 2 rings (SSSR count). The molecular formula is C13H16N2O. The van der Waals surface area contributed by atoms with Crippen LogP contribution >= 0.6 is 0 Å². The van der Waals surface area contributed by atoms with Crippen LogP contribution in [-0.2, 0) is 7.05 Å². The third kappa shape index (κ3) is 1.58. The zero-order valence-corrected chi connectivity index (χ0v) is 10.1. The highest BCUT2D eigenvalue weighted by Gasteiger charge is 2.10. The molecule has 0 saturated heterocycles. The Hall–Kier alpha value is -1.77. The van der Waals surface area contributed by atoms with Crippen molar-refractivity contribution < 1.29 is 4.79 Å². The molecule has 1 amide bonds. The lowest BCUT2D eigenvalue weighted by Crippen LogP contribution is -2.21. The van der Waals surface area contributed by atoms with E-state index in [1.54, 1.807) is 19.0 Å². The monoisotopic (exact) mass is 216 g/mol. The lowest BCUT2D eigenvalue weighted by Gasteiger charge is -2.10. The zero-order valence-electron chi connectivity index (χ0n) is 10.1. The number of amides is 1. The predicted octanol–water partition coefficient (Wildman–Crippen LogP) is 2.19. The third-order valence-corrected chi connectivity index (χ3v) is 2.94. The minimum Gasteiger partial charge on any atom is -0.348 e. The number of aryl methyl sites for hydroxylation is 2. The first-order valence-electron chi connectivity index (χ1n) is 5.28. The van der Waals surface area contributed by atoms with E-state index in [-0.39, 0.29) is 5.91 Å². The number of hydrogen-bond acceptors (Lipinski definition) is 1. The van der Waals surface area contributed by atoms with Crippen molar-refractivity contribution in [1.82, 2.24) is 9.47 Å². The highest BCUT2D eigenvalue weighted by atomic mass is 16.2. The van der Waals surface area contributed by atoms with Gasteiger partial charge in [-0.05, 0) is 30.5 Å². The molecule has 0 aliphatic heterocycles. The summed E-state index contributed by atoms with van der Waals surface area (Å²) in [7, 11) is 5.55. The number of aromatic nitrogens is 1. The maximum atomic E-state index is 11.8. The Morgan fingerprint density at radius 3 is 2.56 bits per heavy atom. The van der Waals surface area contributed by atoms with Gasteiger partial charge in [-0.2, -0.15) is 0 Å². The Morgan fingerprint density at radius 1 is 1.25 bits per heavy atom. The van der Waals surface area contributed by atoms with Crippen LogP contribution in [0.4, 0.5) is 0 Å². The van der Waals surface area contributed by atoms with Crippen LogP contribution in [-0.4, -0.2) is 29.5 Å². The van der Waals surface area contributed by atoms with E-state index in [2.05, 4.69) is 17.6 Å². The SMILES string of the molecule is Cc1cc2ccc(C(=O)N(C)C)cc2n1C. The Kier molecular flexibility index (Phi) is 2.46. The van der Waals surface area contributed by atoms with Crippen LogP contribution < -0.4 is 0 Å². The minimum absolute atomic E-state index is 0.0424. The van der Waals surface area contributed by atoms with E-state index < -0.39 is 0 Å². The quantitative estimate of drug-likeness (QED) is 0.717. The molecule has 2 aromatic rings. The van der Waals surface area contributed by atoms with Gasteiger partial charge < -0.3 is 9.47 Å². The second-order valence-electron chi connectivity index (χ2n) is 4.32. The first-order chi connectivity index (χ1) is 7.50. The Labute approximate surface area is 95.3 Å². The number of nitrogens with zero attached hydrogens (tertiary/aromatic N) is 2. The van der Waals surface area contributed by atoms with Crippen LogP contribution in [0.1, 0.15) is 16.1 Å². The Bertz CT molecular complexity index is 552. The maximum absolute atomic E-state index is 11.8. The number of rotatable bonds is 1. The molecule has 0 fully saturated rings. The summed E-state index contributed by atoms with van der Waals surface area (Å²) in [4.78, 5) is 13.4. The van der Waals surface area contributed by atoms with Crippen molar-refractivity contribution >= 4 is 16.8 Å².